The number of allylic oxidation sites excluding steroid dienone is 1. The lowest BCUT2D eigenvalue weighted by Gasteiger charge is -2.21. The van der Waals surface area contributed by atoms with E-state index in [0.29, 0.717) is 6.42 Å². The maximum absolute atomic E-state index is 8.71. The van der Waals surface area contributed by atoms with E-state index in [9.17, 15) is 0 Å². The van der Waals surface area contributed by atoms with Crippen LogP contribution in [0, 0.1) is 11.3 Å². The van der Waals surface area contributed by atoms with Gasteiger partial charge in [-0.3, -0.25) is 0 Å². The highest BCUT2D eigenvalue weighted by Gasteiger charge is 2.29. The normalized spacial score (nSPS) is 12.2. The van der Waals surface area contributed by atoms with Gasteiger partial charge in [0.2, 0.25) is 0 Å². The molecule has 0 spiro atoms. The van der Waals surface area contributed by atoms with Crippen molar-refractivity contribution in [3.8, 4) is 6.07 Å². The molecule has 3 nitrogen and oxygen atoms in total. The molecule has 0 bridgehead atoms. The summed E-state index contributed by atoms with van der Waals surface area (Å²) in [6.45, 7) is 5.20. The second kappa shape index (κ2) is 9.01. The lowest BCUT2D eigenvalue weighted by Crippen LogP contribution is -2.71. The fourth-order valence-corrected chi connectivity index (χ4v) is 2.98. The van der Waals surface area contributed by atoms with Gasteiger partial charge in [-0.25, -0.2) is 4.99 Å². The van der Waals surface area contributed by atoms with E-state index >= 15 is 0 Å². The van der Waals surface area contributed by atoms with Crippen LogP contribution in [0.1, 0.15) is 31.4 Å². The Balaban J connectivity index is 2.14. The van der Waals surface area contributed by atoms with E-state index in [1.165, 1.54) is 11.3 Å². The number of hydrogen-bond donors (Lipinski definition) is 1. The Morgan fingerprint density at radius 1 is 1.12 bits per heavy atom. The van der Waals surface area contributed by atoms with Crippen molar-refractivity contribution < 1.29 is 4.99 Å². The standard InChI is InChI=1S/C23H27N3/c1-23(2,20-9-6-5-7-10-20)22(25-3)16-13-19-11-14-21(15-12-19)26(4)18-8-17-24/h5-7,9-16H,8,18H2,1-4H3/p+1/b16-13+,25-22?. The van der Waals surface area contributed by atoms with Gasteiger partial charge in [-0.1, -0.05) is 42.5 Å². The van der Waals surface area contributed by atoms with Crippen LogP contribution in [-0.2, 0) is 5.41 Å². The third-order valence-electron chi connectivity index (χ3n) is 4.77. The zero-order valence-corrected chi connectivity index (χ0v) is 16.2. The van der Waals surface area contributed by atoms with Crippen LogP contribution >= 0.6 is 0 Å². The predicted molar refractivity (Wildman–Crippen MR) is 110 cm³/mol. The van der Waals surface area contributed by atoms with Gasteiger partial charge in [0.1, 0.15) is 7.05 Å². The lowest BCUT2D eigenvalue weighted by molar-refractivity contribution is -0.422. The van der Waals surface area contributed by atoms with Gasteiger partial charge in [0.25, 0.3) is 0 Å². The first-order valence-corrected chi connectivity index (χ1v) is 8.96. The van der Waals surface area contributed by atoms with Crippen molar-refractivity contribution in [3.63, 3.8) is 0 Å². The Morgan fingerprint density at radius 3 is 2.35 bits per heavy atom. The van der Waals surface area contributed by atoms with Crippen molar-refractivity contribution in [2.75, 3.05) is 25.5 Å². The molecular weight excluding hydrogens is 318 g/mol. The van der Waals surface area contributed by atoms with E-state index in [4.69, 9.17) is 5.26 Å². The van der Waals surface area contributed by atoms with Crippen LogP contribution in [0.3, 0.4) is 0 Å². The Bertz CT molecular complexity index is 794. The fraction of sp³-hybridized carbons (Fsp3) is 0.304. The largest absolute Gasteiger partial charge is 0.374 e. The molecule has 26 heavy (non-hydrogen) atoms. The number of benzene rings is 2. The molecule has 0 aliphatic rings. The summed E-state index contributed by atoms with van der Waals surface area (Å²) < 4.78 is 0. The molecule has 2 rings (SSSR count). The Kier molecular flexibility index (Phi) is 6.74. The lowest BCUT2D eigenvalue weighted by atomic mass is 9.79. The molecule has 0 aliphatic heterocycles. The predicted octanol–water partition coefficient (Wildman–Crippen LogP) is 3.18. The minimum atomic E-state index is -0.0933. The molecule has 0 aromatic heterocycles. The molecule has 0 heterocycles. The molecule has 1 N–H and O–H groups in total. The van der Waals surface area contributed by atoms with Gasteiger partial charge in [0.15, 0.2) is 5.71 Å². The average Bonchev–Trinajstić information content (AvgIpc) is 2.67. The van der Waals surface area contributed by atoms with Gasteiger partial charge in [-0.15, -0.1) is 0 Å². The fourth-order valence-electron chi connectivity index (χ4n) is 2.98. The topological polar surface area (TPSA) is 41.0 Å². The zero-order chi connectivity index (χ0) is 19.0. The average molecular weight is 346 g/mol. The maximum Gasteiger partial charge on any atom is 0.184 e. The quantitative estimate of drug-likeness (QED) is 0.782. The number of nitrogens with one attached hydrogen (secondary N) is 1. The van der Waals surface area contributed by atoms with Gasteiger partial charge >= 0.3 is 0 Å². The first kappa shape index (κ1) is 19.5. The second-order valence-corrected chi connectivity index (χ2v) is 6.91. The SMILES string of the molecule is C[NH+]=C(/C=C/c1ccc(N(C)CCC#N)cc1)C(C)(C)c1ccccc1. The van der Waals surface area contributed by atoms with E-state index in [1.807, 2.05) is 20.2 Å². The first-order valence-electron chi connectivity index (χ1n) is 8.96. The minimum absolute atomic E-state index is 0.0933. The summed E-state index contributed by atoms with van der Waals surface area (Å²) in [5, 5.41) is 8.71. The summed E-state index contributed by atoms with van der Waals surface area (Å²) in [6.07, 6.45) is 4.82. The molecule has 0 unspecified atom stereocenters. The Morgan fingerprint density at radius 2 is 1.77 bits per heavy atom. The number of hydrogen-bond acceptors (Lipinski definition) is 2. The van der Waals surface area contributed by atoms with E-state index in [-0.39, 0.29) is 5.41 Å². The molecule has 134 valence electrons. The minimum Gasteiger partial charge on any atom is -0.374 e. The van der Waals surface area contributed by atoms with E-state index < -0.39 is 0 Å². The number of nitrogens with zero attached hydrogens (tertiary/aromatic N) is 2. The van der Waals surface area contributed by atoms with Crippen LogP contribution in [-0.4, -0.2) is 26.4 Å². The highest BCUT2D eigenvalue weighted by molar-refractivity contribution is 6.01. The molecule has 0 saturated heterocycles. The highest BCUT2D eigenvalue weighted by Crippen LogP contribution is 2.24. The highest BCUT2D eigenvalue weighted by atomic mass is 15.1. The summed E-state index contributed by atoms with van der Waals surface area (Å²) in [5.74, 6) is 0. The van der Waals surface area contributed by atoms with Gasteiger partial charge < -0.3 is 4.90 Å². The van der Waals surface area contributed by atoms with E-state index in [0.717, 1.165) is 17.8 Å². The first-order chi connectivity index (χ1) is 12.5. The van der Waals surface area contributed by atoms with Crippen molar-refractivity contribution in [1.82, 2.24) is 0 Å². The smallest absolute Gasteiger partial charge is 0.184 e. The van der Waals surface area contributed by atoms with Crippen LogP contribution in [0.25, 0.3) is 6.08 Å². The van der Waals surface area contributed by atoms with Gasteiger partial charge in [-0.05, 0) is 43.2 Å². The Labute approximate surface area is 157 Å². The van der Waals surface area contributed by atoms with E-state index in [1.54, 1.807) is 0 Å². The monoisotopic (exact) mass is 346 g/mol. The molecular formula is C23H28N3+. The Hall–Kier alpha value is -2.86. The van der Waals surface area contributed by atoms with Crippen molar-refractivity contribution in [1.29, 1.82) is 5.26 Å². The third-order valence-corrected chi connectivity index (χ3v) is 4.77. The van der Waals surface area contributed by atoms with Crippen molar-refractivity contribution >= 4 is 17.5 Å². The van der Waals surface area contributed by atoms with Crippen LogP contribution in [0.2, 0.25) is 0 Å². The molecule has 0 saturated carbocycles. The van der Waals surface area contributed by atoms with Gasteiger partial charge in [-0.2, -0.15) is 5.26 Å². The second-order valence-electron chi connectivity index (χ2n) is 6.91. The molecule has 2 aromatic carbocycles. The molecule has 2 aromatic rings. The summed E-state index contributed by atoms with van der Waals surface area (Å²) in [7, 11) is 3.98. The molecule has 0 aliphatic carbocycles. The molecule has 0 atom stereocenters. The van der Waals surface area contributed by atoms with Crippen LogP contribution in [0.5, 0.6) is 0 Å². The summed E-state index contributed by atoms with van der Waals surface area (Å²) in [6, 6.07) is 21.1. The summed E-state index contributed by atoms with van der Waals surface area (Å²) in [5.41, 5.74) is 4.63. The molecule has 3 heteroatoms. The van der Waals surface area contributed by atoms with Crippen LogP contribution < -0.4 is 9.89 Å². The van der Waals surface area contributed by atoms with Crippen molar-refractivity contribution in [3.05, 3.63) is 71.8 Å². The van der Waals surface area contributed by atoms with Crippen LogP contribution in [0.15, 0.2) is 60.7 Å². The van der Waals surface area contributed by atoms with Gasteiger partial charge in [0.05, 0.1) is 17.9 Å². The number of anilines is 1. The third kappa shape index (κ3) is 4.83. The maximum atomic E-state index is 8.71. The summed E-state index contributed by atoms with van der Waals surface area (Å²) in [4.78, 5) is 5.45. The number of rotatable bonds is 7. The zero-order valence-electron chi connectivity index (χ0n) is 16.2. The van der Waals surface area contributed by atoms with E-state index in [2.05, 4.69) is 90.5 Å². The van der Waals surface area contributed by atoms with Crippen molar-refractivity contribution in [2.24, 2.45) is 0 Å². The molecule has 0 amide bonds. The number of nitriles is 1. The van der Waals surface area contributed by atoms with Crippen molar-refractivity contribution in [2.45, 2.75) is 25.7 Å². The van der Waals surface area contributed by atoms with Crippen LogP contribution in [0.4, 0.5) is 5.69 Å². The molecule has 0 fully saturated rings. The molecule has 0 radical (unpaired) electrons. The van der Waals surface area contributed by atoms with Gasteiger partial charge in [0, 0.05) is 25.4 Å². The summed E-state index contributed by atoms with van der Waals surface area (Å²) >= 11 is 0.